The Bertz CT molecular complexity index is 743. The minimum atomic E-state index is 0.0444. The van der Waals surface area contributed by atoms with Crippen molar-refractivity contribution in [1.82, 2.24) is 14.9 Å². The molecule has 1 aromatic heterocycles. The van der Waals surface area contributed by atoms with Gasteiger partial charge in [-0.1, -0.05) is 32.0 Å². The van der Waals surface area contributed by atoms with Crippen LogP contribution >= 0.6 is 0 Å². The van der Waals surface area contributed by atoms with E-state index in [0.717, 1.165) is 22.8 Å². The van der Waals surface area contributed by atoms with E-state index in [0.29, 0.717) is 11.5 Å². The summed E-state index contributed by atoms with van der Waals surface area (Å²) in [6.45, 7) is 14.3. The number of rotatable bonds is 5. The van der Waals surface area contributed by atoms with Gasteiger partial charge in [-0.3, -0.25) is 4.79 Å². The lowest BCUT2D eigenvalue weighted by molar-refractivity contribution is 0.0644. The van der Waals surface area contributed by atoms with Crippen molar-refractivity contribution in [2.45, 2.75) is 66.5 Å². The van der Waals surface area contributed by atoms with E-state index in [-0.39, 0.29) is 18.0 Å². The van der Waals surface area contributed by atoms with Crippen LogP contribution in [0.4, 0.5) is 0 Å². The summed E-state index contributed by atoms with van der Waals surface area (Å²) in [7, 11) is 0. The first kappa shape index (κ1) is 19.1. The first-order valence-corrected chi connectivity index (χ1v) is 9.00. The monoisotopic (exact) mass is 339 g/mol. The quantitative estimate of drug-likeness (QED) is 0.783. The lowest BCUT2D eigenvalue weighted by Gasteiger charge is -2.31. The van der Waals surface area contributed by atoms with E-state index < -0.39 is 0 Å². The molecule has 1 heterocycles. The smallest absolute Gasteiger partial charge is 0.255 e. The molecule has 25 heavy (non-hydrogen) atoms. The molecule has 2 aromatic rings. The second-order valence-electron chi connectivity index (χ2n) is 7.33. The van der Waals surface area contributed by atoms with Gasteiger partial charge >= 0.3 is 0 Å². The maximum atomic E-state index is 13.2. The summed E-state index contributed by atoms with van der Waals surface area (Å²) < 4.78 is 0. The van der Waals surface area contributed by atoms with Crippen LogP contribution in [0.3, 0.4) is 0 Å². The van der Waals surface area contributed by atoms with E-state index in [1.165, 1.54) is 0 Å². The Labute approximate surface area is 151 Å². The van der Waals surface area contributed by atoms with Crippen molar-refractivity contribution in [3.05, 3.63) is 47.4 Å². The molecule has 0 spiro atoms. The summed E-state index contributed by atoms with van der Waals surface area (Å²) in [5, 5.41) is 0. The number of carbonyl (C=O) groups is 1. The van der Waals surface area contributed by atoms with Crippen LogP contribution in [0.5, 0.6) is 0 Å². The molecule has 0 radical (unpaired) electrons. The molecule has 4 nitrogen and oxygen atoms in total. The fourth-order valence-electron chi connectivity index (χ4n) is 3.12. The third-order valence-corrected chi connectivity index (χ3v) is 4.23. The Morgan fingerprint density at radius 1 is 0.960 bits per heavy atom. The van der Waals surface area contributed by atoms with Gasteiger partial charge in [0.05, 0.1) is 5.69 Å². The fourth-order valence-corrected chi connectivity index (χ4v) is 3.12. The summed E-state index contributed by atoms with van der Waals surface area (Å²) in [6, 6.07) is 10.00. The van der Waals surface area contributed by atoms with Gasteiger partial charge in [0.25, 0.3) is 5.91 Å². The number of nitrogens with zero attached hydrogens (tertiary/aromatic N) is 3. The zero-order valence-corrected chi connectivity index (χ0v) is 16.4. The number of amides is 1. The van der Waals surface area contributed by atoms with Gasteiger partial charge in [0.2, 0.25) is 0 Å². The van der Waals surface area contributed by atoms with Crippen molar-refractivity contribution in [2.24, 2.45) is 0 Å². The highest BCUT2D eigenvalue weighted by atomic mass is 16.2. The number of hydrogen-bond acceptors (Lipinski definition) is 3. The number of carbonyl (C=O) groups excluding carboxylic acids is 1. The Kier molecular flexibility index (Phi) is 5.93. The predicted molar refractivity (Wildman–Crippen MR) is 103 cm³/mol. The van der Waals surface area contributed by atoms with E-state index in [2.05, 4.69) is 23.8 Å². The van der Waals surface area contributed by atoms with Gasteiger partial charge in [-0.25, -0.2) is 9.97 Å². The molecule has 4 heteroatoms. The zero-order valence-electron chi connectivity index (χ0n) is 16.4. The SMILES string of the molecule is Cc1nc(-c2ccccc2C(=O)N(C(C)C)C(C)C)cc(C(C)C)n1. The number of aromatic nitrogens is 2. The van der Waals surface area contributed by atoms with Gasteiger partial charge in [0.1, 0.15) is 5.82 Å². The van der Waals surface area contributed by atoms with Crippen molar-refractivity contribution in [2.75, 3.05) is 0 Å². The second kappa shape index (κ2) is 7.77. The van der Waals surface area contributed by atoms with Crippen molar-refractivity contribution in [1.29, 1.82) is 0 Å². The summed E-state index contributed by atoms with van der Waals surface area (Å²) >= 11 is 0. The largest absolute Gasteiger partial charge is 0.334 e. The molecule has 0 bridgehead atoms. The van der Waals surface area contributed by atoms with Crippen molar-refractivity contribution in [3.63, 3.8) is 0 Å². The summed E-state index contributed by atoms with van der Waals surface area (Å²) in [5.41, 5.74) is 3.37. The first-order chi connectivity index (χ1) is 11.7. The molecule has 0 N–H and O–H groups in total. The zero-order chi connectivity index (χ0) is 18.7. The molecule has 134 valence electrons. The van der Waals surface area contributed by atoms with Crippen LogP contribution in [0.2, 0.25) is 0 Å². The maximum Gasteiger partial charge on any atom is 0.255 e. The Balaban J connectivity index is 2.57. The fraction of sp³-hybridized carbons (Fsp3) is 0.476. The Morgan fingerprint density at radius 2 is 1.56 bits per heavy atom. The highest BCUT2D eigenvalue weighted by molar-refractivity contribution is 6.00. The third-order valence-electron chi connectivity index (χ3n) is 4.23. The topological polar surface area (TPSA) is 46.1 Å². The van der Waals surface area contributed by atoms with Crippen LogP contribution in [0.15, 0.2) is 30.3 Å². The average Bonchev–Trinajstić information content (AvgIpc) is 2.53. The molecule has 1 aromatic carbocycles. The molecule has 0 aliphatic rings. The van der Waals surface area contributed by atoms with Crippen molar-refractivity contribution >= 4 is 5.91 Å². The molecule has 0 aliphatic carbocycles. The van der Waals surface area contributed by atoms with Gasteiger partial charge < -0.3 is 4.90 Å². The van der Waals surface area contributed by atoms with Crippen molar-refractivity contribution in [3.8, 4) is 11.3 Å². The average molecular weight is 339 g/mol. The molecule has 0 atom stereocenters. The minimum Gasteiger partial charge on any atom is -0.334 e. The van der Waals surface area contributed by atoms with Crippen LogP contribution in [0.25, 0.3) is 11.3 Å². The normalized spacial score (nSPS) is 11.4. The standard InChI is InChI=1S/C21H29N3O/c1-13(2)19-12-20(23-16(7)22-19)17-10-8-9-11-18(17)21(25)24(14(3)4)15(5)6/h8-15H,1-7H3. The van der Waals surface area contributed by atoms with Gasteiger partial charge in [0, 0.05) is 28.9 Å². The van der Waals surface area contributed by atoms with Crippen molar-refractivity contribution < 1.29 is 4.79 Å². The second-order valence-corrected chi connectivity index (χ2v) is 7.33. The van der Waals surface area contributed by atoms with Crippen LogP contribution in [-0.4, -0.2) is 32.9 Å². The van der Waals surface area contributed by atoms with Gasteiger partial charge in [-0.15, -0.1) is 0 Å². The number of aryl methyl sites for hydroxylation is 1. The van der Waals surface area contributed by atoms with Crippen LogP contribution in [-0.2, 0) is 0 Å². The highest BCUT2D eigenvalue weighted by Gasteiger charge is 2.24. The molecule has 0 unspecified atom stereocenters. The Hall–Kier alpha value is -2.23. The highest BCUT2D eigenvalue weighted by Crippen LogP contribution is 2.26. The molecule has 0 aliphatic heterocycles. The van der Waals surface area contributed by atoms with Crippen LogP contribution in [0.1, 0.15) is 69.3 Å². The van der Waals surface area contributed by atoms with Crippen LogP contribution < -0.4 is 0 Å². The minimum absolute atomic E-state index is 0.0444. The Morgan fingerprint density at radius 3 is 2.12 bits per heavy atom. The third kappa shape index (κ3) is 4.25. The summed E-state index contributed by atoms with van der Waals surface area (Å²) in [5.74, 6) is 1.09. The summed E-state index contributed by atoms with van der Waals surface area (Å²) in [6.07, 6.45) is 0. The van der Waals surface area contributed by atoms with E-state index >= 15 is 0 Å². The van der Waals surface area contributed by atoms with E-state index in [1.54, 1.807) is 0 Å². The van der Waals surface area contributed by atoms with E-state index in [1.807, 2.05) is 69.9 Å². The number of benzene rings is 1. The van der Waals surface area contributed by atoms with Gasteiger partial charge in [0.15, 0.2) is 0 Å². The van der Waals surface area contributed by atoms with Gasteiger partial charge in [-0.05, 0) is 52.7 Å². The molecular formula is C21H29N3O. The van der Waals surface area contributed by atoms with Crippen LogP contribution in [0, 0.1) is 6.92 Å². The predicted octanol–water partition coefficient (Wildman–Crippen LogP) is 4.83. The molecule has 0 saturated carbocycles. The number of hydrogen-bond donors (Lipinski definition) is 0. The molecule has 1 amide bonds. The molecule has 0 fully saturated rings. The summed E-state index contributed by atoms with van der Waals surface area (Å²) in [4.78, 5) is 24.2. The molecule has 2 rings (SSSR count). The van der Waals surface area contributed by atoms with E-state index in [9.17, 15) is 4.79 Å². The van der Waals surface area contributed by atoms with E-state index in [4.69, 9.17) is 0 Å². The van der Waals surface area contributed by atoms with Gasteiger partial charge in [-0.2, -0.15) is 0 Å². The molecular weight excluding hydrogens is 310 g/mol. The molecule has 0 saturated heterocycles. The first-order valence-electron chi connectivity index (χ1n) is 9.00. The lowest BCUT2D eigenvalue weighted by Crippen LogP contribution is -2.42. The lowest BCUT2D eigenvalue weighted by atomic mass is 10.00. The maximum absolute atomic E-state index is 13.2.